The molecule has 0 spiro atoms. The Bertz CT molecular complexity index is 823. The first-order valence-electron chi connectivity index (χ1n) is 9.73. The van der Waals surface area contributed by atoms with Crippen LogP contribution in [0.25, 0.3) is 6.08 Å². The summed E-state index contributed by atoms with van der Waals surface area (Å²) in [6.07, 6.45) is 3.26. The Balaban J connectivity index is 1.47. The highest BCUT2D eigenvalue weighted by atomic mass is 16.5. The van der Waals surface area contributed by atoms with Crippen LogP contribution in [0.3, 0.4) is 0 Å². The summed E-state index contributed by atoms with van der Waals surface area (Å²) in [6.45, 7) is 3.76. The van der Waals surface area contributed by atoms with Crippen LogP contribution in [-0.2, 0) is 16.1 Å². The summed E-state index contributed by atoms with van der Waals surface area (Å²) >= 11 is 0. The molecular formula is C23H28N2O4. The lowest BCUT2D eigenvalue weighted by Crippen LogP contribution is -2.46. The van der Waals surface area contributed by atoms with Gasteiger partial charge in [-0.3, -0.25) is 9.69 Å². The van der Waals surface area contributed by atoms with Crippen molar-refractivity contribution in [3.63, 3.8) is 0 Å². The number of nitrogens with zero attached hydrogens (tertiary/aromatic N) is 1. The second-order valence-corrected chi connectivity index (χ2v) is 6.91. The zero-order valence-electron chi connectivity index (χ0n) is 17.0. The van der Waals surface area contributed by atoms with Gasteiger partial charge in [0, 0.05) is 32.3 Å². The number of hydrogen-bond acceptors (Lipinski definition) is 5. The summed E-state index contributed by atoms with van der Waals surface area (Å²) in [5.41, 5.74) is 2.15. The van der Waals surface area contributed by atoms with Gasteiger partial charge >= 0.3 is 0 Å². The number of morpholine rings is 1. The highest BCUT2D eigenvalue weighted by molar-refractivity contribution is 5.91. The Morgan fingerprint density at radius 1 is 1.17 bits per heavy atom. The summed E-state index contributed by atoms with van der Waals surface area (Å²) in [4.78, 5) is 14.5. The van der Waals surface area contributed by atoms with Gasteiger partial charge in [-0.15, -0.1) is 0 Å². The van der Waals surface area contributed by atoms with Crippen LogP contribution < -0.4 is 14.8 Å². The van der Waals surface area contributed by atoms with E-state index in [4.69, 9.17) is 14.2 Å². The largest absolute Gasteiger partial charge is 0.493 e. The number of carbonyl (C=O) groups excluding carboxylic acids is 1. The smallest absolute Gasteiger partial charge is 0.244 e. The van der Waals surface area contributed by atoms with Crippen molar-refractivity contribution in [2.75, 3.05) is 40.5 Å². The lowest BCUT2D eigenvalue weighted by Gasteiger charge is -2.33. The Kier molecular flexibility index (Phi) is 7.67. The predicted octanol–water partition coefficient (Wildman–Crippen LogP) is 2.73. The van der Waals surface area contributed by atoms with E-state index in [0.717, 1.165) is 25.2 Å². The molecule has 0 aromatic heterocycles. The number of amides is 1. The van der Waals surface area contributed by atoms with Crippen molar-refractivity contribution in [1.29, 1.82) is 0 Å². The fraction of sp³-hybridized carbons (Fsp3) is 0.348. The number of ether oxygens (including phenoxy) is 3. The van der Waals surface area contributed by atoms with Crippen LogP contribution in [0.1, 0.15) is 11.1 Å². The third kappa shape index (κ3) is 6.34. The monoisotopic (exact) mass is 396 g/mol. The molecule has 1 aliphatic heterocycles. The third-order valence-electron chi connectivity index (χ3n) is 4.81. The van der Waals surface area contributed by atoms with Crippen molar-refractivity contribution in [3.05, 3.63) is 65.7 Å². The molecule has 2 aromatic rings. The Morgan fingerprint density at radius 2 is 1.97 bits per heavy atom. The summed E-state index contributed by atoms with van der Waals surface area (Å²) < 4.78 is 16.3. The van der Waals surface area contributed by atoms with Gasteiger partial charge in [-0.05, 0) is 29.3 Å². The van der Waals surface area contributed by atoms with E-state index in [1.54, 1.807) is 20.3 Å². The van der Waals surface area contributed by atoms with Crippen LogP contribution in [0.4, 0.5) is 0 Å². The molecule has 0 saturated carbocycles. The Hall–Kier alpha value is -2.83. The molecule has 29 heavy (non-hydrogen) atoms. The van der Waals surface area contributed by atoms with Crippen molar-refractivity contribution in [3.8, 4) is 11.5 Å². The lowest BCUT2D eigenvalue weighted by atomic mass is 10.2. The fourth-order valence-corrected chi connectivity index (χ4v) is 3.29. The number of methoxy groups -OCH3 is 2. The maximum Gasteiger partial charge on any atom is 0.244 e. The minimum Gasteiger partial charge on any atom is -0.493 e. The number of hydrogen-bond donors (Lipinski definition) is 1. The molecule has 1 saturated heterocycles. The topological polar surface area (TPSA) is 60.0 Å². The first-order valence-corrected chi connectivity index (χ1v) is 9.73. The molecule has 1 heterocycles. The first-order chi connectivity index (χ1) is 14.2. The van der Waals surface area contributed by atoms with Crippen LogP contribution >= 0.6 is 0 Å². The van der Waals surface area contributed by atoms with Crippen molar-refractivity contribution < 1.29 is 19.0 Å². The fourth-order valence-electron chi connectivity index (χ4n) is 3.29. The maximum absolute atomic E-state index is 12.2. The number of benzene rings is 2. The van der Waals surface area contributed by atoms with E-state index >= 15 is 0 Å². The molecule has 1 atom stereocenters. The molecule has 1 fully saturated rings. The Morgan fingerprint density at radius 3 is 2.72 bits per heavy atom. The molecule has 1 amide bonds. The van der Waals surface area contributed by atoms with Crippen LogP contribution in [0.2, 0.25) is 0 Å². The van der Waals surface area contributed by atoms with Gasteiger partial charge in [0.25, 0.3) is 0 Å². The second kappa shape index (κ2) is 10.6. The molecule has 2 aromatic carbocycles. The van der Waals surface area contributed by atoms with Crippen LogP contribution in [0.15, 0.2) is 54.6 Å². The molecule has 6 heteroatoms. The lowest BCUT2D eigenvalue weighted by molar-refractivity contribution is -0.117. The zero-order chi connectivity index (χ0) is 20.5. The third-order valence-corrected chi connectivity index (χ3v) is 4.81. The van der Waals surface area contributed by atoms with E-state index in [1.807, 2.05) is 24.3 Å². The number of rotatable bonds is 8. The van der Waals surface area contributed by atoms with Crippen LogP contribution in [0.5, 0.6) is 11.5 Å². The molecular weight excluding hydrogens is 368 g/mol. The molecule has 0 radical (unpaired) electrons. The first kappa shape index (κ1) is 20.9. The SMILES string of the molecule is COc1ccc(/C=C/C(=O)NCC2CN(Cc3ccccc3)CCO2)cc1OC. The van der Waals surface area contributed by atoms with Crippen molar-refractivity contribution in [2.24, 2.45) is 0 Å². The van der Waals surface area contributed by atoms with E-state index in [9.17, 15) is 4.79 Å². The van der Waals surface area contributed by atoms with E-state index in [0.29, 0.717) is 24.7 Å². The molecule has 0 bridgehead atoms. The summed E-state index contributed by atoms with van der Waals surface area (Å²) in [5, 5.41) is 2.92. The summed E-state index contributed by atoms with van der Waals surface area (Å²) in [6, 6.07) is 15.9. The standard InChI is InChI=1S/C23H28N2O4/c1-27-21-10-8-18(14-22(21)28-2)9-11-23(26)24-15-20-17-25(12-13-29-20)16-19-6-4-3-5-7-19/h3-11,14,20H,12-13,15-17H2,1-2H3,(H,24,26)/b11-9+. The van der Waals surface area contributed by atoms with E-state index in [1.165, 1.54) is 11.6 Å². The maximum atomic E-state index is 12.2. The van der Waals surface area contributed by atoms with Crippen molar-refractivity contribution >= 4 is 12.0 Å². The molecule has 1 aliphatic rings. The normalized spacial score (nSPS) is 17.2. The van der Waals surface area contributed by atoms with E-state index < -0.39 is 0 Å². The highest BCUT2D eigenvalue weighted by Crippen LogP contribution is 2.27. The van der Waals surface area contributed by atoms with Gasteiger partial charge in [0.2, 0.25) is 5.91 Å². The average Bonchev–Trinajstić information content (AvgIpc) is 2.77. The minimum atomic E-state index is -0.149. The molecule has 1 unspecified atom stereocenters. The van der Waals surface area contributed by atoms with Gasteiger partial charge in [0.15, 0.2) is 11.5 Å². The number of nitrogens with one attached hydrogen (secondary N) is 1. The van der Waals surface area contributed by atoms with Crippen molar-refractivity contribution in [1.82, 2.24) is 10.2 Å². The second-order valence-electron chi connectivity index (χ2n) is 6.91. The molecule has 3 rings (SSSR count). The van der Waals surface area contributed by atoms with Crippen molar-refractivity contribution in [2.45, 2.75) is 12.6 Å². The molecule has 0 aliphatic carbocycles. The van der Waals surface area contributed by atoms with Gasteiger partial charge < -0.3 is 19.5 Å². The number of carbonyl (C=O) groups is 1. The quantitative estimate of drug-likeness (QED) is 0.696. The van der Waals surface area contributed by atoms with Gasteiger partial charge in [-0.25, -0.2) is 0 Å². The molecule has 1 N–H and O–H groups in total. The summed E-state index contributed by atoms with van der Waals surface area (Å²) in [5.74, 6) is 1.14. The zero-order valence-corrected chi connectivity index (χ0v) is 17.0. The highest BCUT2D eigenvalue weighted by Gasteiger charge is 2.20. The Labute approximate surface area is 172 Å². The van der Waals surface area contributed by atoms with E-state index in [-0.39, 0.29) is 12.0 Å². The van der Waals surface area contributed by atoms with E-state index in [2.05, 4.69) is 34.5 Å². The van der Waals surface area contributed by atoms with Crippen LogP contribution in [0, 0.1) is 0 Å². The molecule has 6 nitrogen and oxygen atoms in total. The average molecular weight is 396 g/mol. The predicted molar refractivity (Wildman–Crippen MR) is 113 cm³/mol. The van der Waals surface area contributed by atoms with Gasteiger partial charge in [0.1, 0.15) is 0 Å². The minimum absolute atomic E-state index is 0.00843. The van der Waals surface area contributed by atoms with Gasteiger partial charge in [0.05, 0.1) is 26.9 Å². The summed E-state index contributed by atoms with van der Waals surface area (Å²) in [7, 11) is 3.18. The van der Waals surface area contributed by atoms with Gasteiger partial charge in [-0.2, -0.15) is 0 Å². The van der Waals surface area contributed by atoms with Crippen LogP contribution in [-0.4, -0.2) is 57.4 Å². The molecule has 154 valence electrons. The van der Waals surface area contributed by atoms with Gasteiger partial charge in [-0.1, -0.05) is 36.4 Å².